The molecular weight excluding hydrogens is 372 g/mol. The summed E-state index contributed by atoms with van der Waals surface area (Å²) in [5.74, 6) is 1.13. The van der Waals surface area contributed by atoms with E-state index in [-0.39, 0.29) is 18.0 Å². The van der Waals surface area contributed by atoms with E-state index in [4.69, 9.17) is 4.74 Å². The molecule has 0 bridgehead atoms. The standard InChI is InChI=1S/C26H28N2O2/c1-3-18-13-15-19(16-14-18)22-17-23(20-9-5-7-11-24(20)29)28-26(27-22)21-10-6-8-12-25(21)30-4-2/h5-17,23,26-29H,3-4H2,1-2H3. The van der Waals surface area contributed by atoms with Crippen LogP contribution in [0.1, 0.15) is 48.3 Å². The molecule has 3 aromatic carbocycles. The number of phenols is 1. The molecule has 0 radical (unpaired) electrons. The number of aryl methyl sites for hydroxylation is 1. The summed E-state index contributed by atoms with van der Waals surface area (Å²) >= 11 is 0. The molecule has 0 fully saturated rings. The van der Waals surface area contributed by atoms with E-state index in [1.165, 1.54) is 5.56 Å². The molecule has 30 heavy (non-hydrogen) atoms. The van der Waals surface area contributed by atoms with Crippen molar-refractivity contribution >= 4 is 5.70 Å². The van der Waals surface area contributed by atoms with Crippen LogP contribution in [0, 0.1) is 0 Å². The molecule has 1 aliphatic heterocycles. The summed E-state index contributed by atoms with van der Waals surface area (Å²) in [5.41, 5.74) is 5.34. The minimum absolute atomic E-state index is 0.145. The van der Waals surface area contributed by atoms with Crippen LogP contribution in [0.2, 0.25) is 0 Å². The van der Waals surface area contributed by atoms with E-state index in [0.717, 1.165) is 34.6 Å². The summed E-state index contributed by atoms with van der Waals surface area (Å²) in [4.78, 5) is 0. The van der Waals surface area contributed by atoms with Gasteiger partial charge in [-0.1, -0.05) is 67.6 Å². The average molecular weight is 401 g/mol. The number of nitrogens with one attached hydrogen (secondary N) is 2. The molecule has 1 heterocycles. The number of rotatable bonds is 6. The number of hydrogen-bond acceptors (Lipinski definition) is 4. The van der Waals surface area contributed by atoms with Gasteiger partial charge in [0.15, 0.2) is 0 Å². The van der Waals surface area contributed by atoms with Crippen LogP contribution < -0.4 is 15.4 Å². The third-order valence-corrected chi connectivity index (χ3v) is 5.45. The van der Waals surface area contributed by atoms with Crippen LogP contribution in [0.5, 0.6) is 11.5 Å². The monoisotopic (exact) mass is 400 g/mol. The molecule has 1 aliphatic rings. The third kappa shape index (κ3) is 4.19. The van der Waals surface area contributed by atoms with Gasteiger partial charge < -0.3 is 15.2 Å². The highest BCUT2D eigenvalue weighted by molar-refractivity contribution is 5.67. The molecule has 4 heteroatoms. The smallest absolute Gasteiger partial charge is 0.125 e. The molecule has 3 N–H and O–H groups in total. The predicted octanol–water partition coefficient (Wildman–Crippen LogP) is 5.33. The van der Waals surface area contributed by atoms with Crippen molar-refractivity contribution < 1.29 is 9.84 Å². The second-order valence-electron chi connectivity index (χ2n) is 7.38. The molecule has 0 spiro atoms. The average Bonchev–Trinajstić information content (AvgIpc) is 2.80. The zero-order valence-electron chi connectivity index (χ0n) is 17.4. The Labute approximate surface area is 178 Å². The van der Waals surface area contributed by atoms with Gasteiger partial charge in [-0.2, -0.15) is 0 Å². The van der Waals surface area contributed by atoms with E-state index in [0.29, 0.717) is 6.61 Å². The van der Waals surface area contributed by atoms with Crippen LogP contribution in [-0.4, -0.2) is 11.7 Å². The lowest BCUT2D eigenvalue weighted by Gasteiger charge is -2.34. The Kier molecular flexibility index (Phi) is 6.05. The van der Waals surface area contributed by atoms with Crippen molar-refractivity contribution in [2.75, 3.05) is 6.61 Å². The van der Waals surface area contributed by atoms with E-state index in [9.17, 15) is 5.11 Å². The van der Waals surface area contributed by atoms with E-state index in [1.807, 2.05) is 43.3 Å². The number of ether oxygens (including phenoxy) is 1. The van der Waals surface area contributed by atoms with Crippen LogP contribution in [-0.2, 0) is 6.42 Å². The van der Waals surface area contributed by atoms with Gasteiger partial charge in [0.1, 0.15) is 17.7 Å². The third-order valence-electron chi connectivity index (χ3n) is 5.45. The highest BCUT2D eigenvalue weighted by Crippen LogP contribution is 2.35. The largest absolute Gasteiger partial charge is 0.508 e. The first kappa shape index (κ1) is 20.0. The molecule has 0 amide bonds. The lowest BCUT2D eigenvalue weighted by Crippen LogP contribution is -2.39. The quantitative estimate of drug-likeness (QED) is 0.524. The molecule has 154 valence electrons. The normalized spacial score (nSPS) is 18.4. The topological polar surface area (TPSA) is 53.5 Å². The molecule has 2 atom stereocenters. The number of para-hydroxylation sites is 2. The Morgan fingerprint density at radius 3 is 2.27 bits per heavy atom. The lowest BCUT2D eigenvalue weighted by molar-refractivity contribution is 0.325. The maximum absolute atomic E-state index is 10.5. The summed E-state index contributed by atoms with van der Waals surface area (Å²) in [6.07, 6.45) is 2.98. The zero-order chi connectivity index (χ0) is 20.9. The van der Waals surface area contributed by atoms with Gasteiger partial charge in [-0.25, -0.2) is 0 Å². The summed E-state index contributed by atoms with van der Waals surface area (Å²) in [7, 11) is 0. The summed E-state index contributed by atoms with van der Waals surface area (Å²) in [5, 5.41) is 17.7. The second-order valence-corrected chi connectivity index (χ2v) is 7.38. The molecule has 0 saturated heterocycles. The van der Waals surface area contributed by atoms with Crippen LogP contribution in [0.3, 0.4) is 0 Å². The van der Waals surface area contributed by atoms with E-state index in [1.54, 1.807) is 6.07 Å². The second kappa shape index (κ2) is 9.06. The lowest BCUT2D eigenvalue weighted by atomic mass is 9.97. The van der Waals surface area contributed by atoms with E-state index in [2.05, 4.69) is 54.0 Å². The van der Waals surface area contributed by atoms with Gasteiger partial charge in [-0.3, -0.25) is 5.32 Å². The number of aromatic hydroxyl groups is 1. The Morgan fingerprint density at radius 1 is 0.867 bits per heavy atom. The molecule has 2 unspecified atom stereocenters. The molecule has 0 aromatic heterocycles. The maximum Gasteiger partial charge on any atom is 0.125 e. The van der Waals surface area contributed by atoms with Crippen molar-refractivity contribution in [3.63, 3.8) is 0 Å². The van der Waals surface area contributed by atoms with Gasteiger partial charge >= 0.3 is 0 Å². The van der Waals surface area contributed by atoms with Crippen molar-refractivity contribution in [2.24, 2.45) is 0 Å². The fourth-order valence-electron chi connectivity index (χ4n) is 3.84. The molecule has 4 rings (SSSR count). The maximum atomic E-state index is 10.5. The van der Waals surface area contributed by atoms with Crippen LogP contribution in [0.4, 0.5) is 0 Å². The van der Waals surface area contributed by atoms with Gasteiger partial charge in [-0.05, 0) is 42.7 Å². The van der Waals surface area contributed by atoms with E-state index >= 15 is 0 Å². The van der Waals surface area contributed by atoms with Gasteiger partial charge in [-0.15, -0.1) is 0 Å². The minimum atomic E-state index is -0.164. The Balaban J connectivity index is 1.75. The number of phenolic OH excluding ortho intramolecular Hbond substituents is 1. The van der Waals surface area contributed by atoms with Gasteiger partial charge in [0.25, 0.3) is 0 Å². The summed E-state index contributed by atoms with van der Waals surface area (Å²) in [6, 6.07) is 24.0. The Hall–Kier alpha value is -3.24. The molecule has 4 nitrogen and oxygen atoms in total. The fraction of sp³-hybridized carbons (Fsp3) is 0.231. The van der Waals surface area contributed by atoms with Gasteiger partial charge in [0.05, 0.1) is 12.6 Å². The van der Waals surface area contributed by atoms with Crippen LogP contribution >= 0.6 is 0 Å². The summed E-state index contributed by atoms with van der Waals surface area (Å²) in [6.45, 7) is 4.75. The first-order valence-corrected chi connectivity index (χ1v) is 10.5. The molecule has 0 aliphatic carbocycles. The van der Waals surface area contributed by atoms with Crippen molar-refractivity contribution in [1.82, 2.24) is 10.6 Å². The van der Waals surface area contributed by atoms with E-state index < -0.39 is 0 Å². The van der Waals surface area contributed by atoms with Crippen molar-refractivity contribution in [3.05, 3.63) is 101 Å². The van der Waals surface area contributed by atoms with Crippen LogP contribution in [0.15, 0.2) is 78.9 Å². The predicted molar refractivity (Wildman–Crippen MR) is 121 cm³/mol. The molecule has 0 saturated carbocycles. The van der Waals surface area contributed by atoms with Gasteiger partial charge in [0.2, 0.25) is 0 Å². The molecular formula is C26H28N2O2. The zero-order valence-corrected chi connectivity index (χ0v) is 17.4. The number of benzene rings is 3. The van der Waals surface area contributed by atoms with Crippen molar-refractivity contribution in [1.29, 1.82) is 0 Å². The number of hydrogen-bond donors (Lipinski definition) is 3. The Bertz CT molecular complexity index is 1030. The van der Waals surface area contributed by atoms with Crippen molar-refractivity contribution in [2.45, 2.75) is 32.5 Å². The highest BCUT2D eigenvalue weighted by atomic mass is 16.5. The highest BCUT2D eigenvalue weighted by Gasteiger charge is 2.27. The minimum Gasteiger partial charge on any atom is -0.508 e. The van der Waals surface area contributed by atoms with Crippen molar-refractivity contribution in [3.8, 4) is 11.5 Å². The molecule has 3 aromatic rings. The first-order valence-electron chi connectivity index (χ1n) is 10.5. The Morgan fingerprint density at radius 2 is 1.57 bits per heavy atom. The SMILES string of the molecule is CCOc1ccccc1C1NC(c2ccc(CC)cc2)=CC(c2ccccc2O)N1. The van der Waals surface area contributed by atoms with Gasteiger partial charge in [0, 0.05) is 16.8 Å². The van der Waals surface area contributed by atoms with Crippen LogP contribution in [0.25, 0.3) is 5.70 Å². The fourth-order valence-corrected chi connectivity index (χ4v) is 3.84. The summed E-state index contributed by atoms with van der Waals surface area (Å²) < 4.78 is 5.88. The first-order chi connectivity index (χ1) is 14.7.